The van der Waals surface area contributed by atoms with Crippen molar-refractivity contribution in [1.82, 2.24) is 0 Å². The molecule has 1 aromatic rings. The number of allylic oxidation sites excluding steroid dienone is 2. The second kappa shape index (κ2) is 4.65. The van der Waals surface area contributed by atoms with Crippen molar-refractivity contribution < 1.29 is 26.7 Å². The molecule has 0 heterocycles. The lowest BCUT2D eigenvalue weighted by atomic mass is 10.0. The lowest BCUT2D eigenvalue weighted by Crippen LogP contribution is -2.09. The van der Waals surface area contributed by atoms with Crippen molar-refractivity contribution in [1.29, 1.82) is 0 Å². The van der Waals surface area contributed by atoms with E-state index in [9.17, 15) is 26.7 Å². The molecule has 6 heteroatoms. The molecule has 0 saturated carbocycles. The van der Waals surface area contributed by atoms with E-state index in [0.717, 1.165) is 13.0 Å². The van der Waals surface area contributed by atoms with E-state index in [0.29, 0.717) is 0 Å². The van der Waals surface area contributed by atoms with Gasteiger partial charge in [-0.05, 0) is 13.8 Å². The molecule has 0 saturated heterocycles. The van der Waals surface area contributed by atoms with Gasteiger partial charge >= 0.3 is 0 Å². The molecule has 1 rings (SSSR count). The number of Topliss-reactive ketones (excluding diaryl/α,β-unsaturated/α-hetero) is 1. The van der Waals surface area contributed by atoms with E-state index >= 15 is 0 Å². The van der Waals surface area contributed by atoms with E-state index in [1.54, 1.807) is 0 Å². The van der Waals surface area contributed by atoms with Gasteiger partial charge in [0.05, 0.1) is 5.56 Å². The van der Waals surface area contributed by atoms with Crippen molar-refractivity contribution in [2.24, 2.45) is 0 Å². The van der Waals surface area contributed by atoms with Crippen LogP contribution in [0.5, 0.6) is 0 Å². The van der Waals surface area contributed by atoms with Gasteiger partial charge in [-0.2, -0.15) is 0 Å². The van der Waals surface area contributed by atoms with Crippen LogP contribution in [0.3, 0.4) is 0 Å². The zero-order chi connectivity index (χ0) is 13.3. The summed E-state index contributed by atoms with van der Waals surface area (Å²) in [6.45, 7) is 2.22. The molecule has 0 spiro atoms. The summed E-state index contributed by atoms with van der Waals surface area (Å²) in [6, 6.07) is 0. The molecule has 0 fully saturated rings. The van der Waals surface area contributed by atoms with Gasteiger partial charge in [0.2, 0.25) is 5.82 Å². The fourth-order valence-corrected chi connectivity index (χ4v) is 1.37. The molecule has 17 heavy (non-hydrogen) atoms. The molecule has 0 aliphatic rings. The third-order valence-corrected chi connectivity index (χ3v) is 2.15. The minimum atomic E-state index is -2.25. The molecule has 0 N–H and O–H groups in total. The molecular weight excluding hydrogens is 243 g/mol. The highest BCUT2D eigenvalue weighted by Crippen LogP contribution is 2.28. The summed E-state index contributed by atoms with van der Waals surface area (Å²) in [5, 5.41) is 0. The largest absolute Gasteiger partial charge is 0.294 e. The average Bonchev–Trinajstić information content (AvgIpc) is 2.29. The third kappa shape index (κ3) is 2.07. The average molecular weight is 250 g/mol. The van der Waals surface area contributed by atoms with E-state index in [2.05, 4.69) is 0 Å². The number of rotatable bonds is 2. The molecule has 0 unspecified atom stereocenters. The number of hydrogen-bond donors (Lipinski definition) is 0. The molecule has 1 nitrogen and oxygen atoms in total. The molecule has 0 aromatic heterocycles. The Morgan fingerprint density at radius 1 is 0.882 bits per heavy atom. The Kier molecular flexibility index (Phi) is 3.65. The van der Waals surface area contributed by atoms with Gasteiger partial charge in [0.15, 0.2) is 29.1 Å². The molecule has 0 atom stereocenters. The number of halogens is 5. The van der Waals surface area contributed by atoms with Gasteiger partial charge in [0.1, 0.15) is 0 Å². The third-order valence-electron chi connectivity index (χ3n) is 2.15. The Balaban J connectivity index is 3.72. The van der Waals surface area contributed by atoms with E-state index < -0.39 is 46.0 Å². The minimum absolute atomic E-state index is 0.558. The molecule has 0 aliphatic carbocycles. The quantitative estimate of drug-likeness (QED) is 0.340. The van der Waals surface area contributed by atoms with Crippen LogP contribution in [-0.4, -0.2) is 5.78 Å². The predicted molar refractivity (Wildman–Crippen MR) is 50.6 cm³/mol. The summed E-state index contributed by atoms with van der Waals surface area (Å²) in [6.07, 6.45) is 0.987. The molecule has 1 aromatic carbocycles. The Bertz CT molecular complexity index is 490. The van der Waals surface area contributed by atoms with Gasteiger partial charge in [0.25, 0.3) is 0 Å². The predicted octanol–water partition coefficient (Wildman–Crippen LogP) is 3.37. The van der Waals surface area contributed by atoms with Crippen LogP contribution < -0.4 is 0 Å². The van der Waals surface area contributed by atoms with Crippen LogP contribution in [0.1, 0.15) is 19.4 Å². The second-order valence-corrected chi connectivity index (χ2v) is 3.20. The molecular formula is C11H7F5O. The molecule has 0 amide bonds. The van der Waals surface area contributed by atoms with Crippen LogP contribution in [0.4, 0.5) is 22.0 Å². The van der Waals surface area contributed by atoms with Crippen molar-refractivity contribution in [3.05, 3.63) is 40.7 Å². The Morgan fingerprint density at radius 2 is 1.24 bits per heavy atom. The molecule has 0 radical (unpaired) electrons. The van der Waals surface area contributed by atoms with Crippen molar-refractivity contribution >= 4 is 11.4 Å². The maximum Gasteiger partial charge on any atom is 0.200 e. The van der Waals surface area contributed by atoms with Gasteiger partial charge < -0.3 is 0 Å². The highest BCUT2D eigenvalue weighted by atomic mass is 19.2. The maximum absolute atomic E-state index is 13.3. The van der Waals surface area contributed by atoms with Crippen LogP contribution in [0, 0.1) is 29.1 Å². The lowest BCUT2D eigenvalue weighted by molar-refractivity contribution is -0.111. The number of benzene rings is 1. The Morgan fingerprint density at radius 3 is 1.53 bits per heavy atom. The van der Waals surface area contributed by atoms with Crippen molar-refractivity contribution in [2.75, 3.05) is 0 Å². The van der Waals surface area contributed by atoms with Gasteiger partial charge in [-0.3, -0.25) is 4.79 Å². The van der Waals surface area contributed by atoms with Gasteiger partial charge in [-0.15, -0.1) is 0 Å². The van der Waals surface area contributed by atoms with Crippen LogP contribution >= 0.6 is 0 Å². The summed E-state index contributed by atoms with van der Waals surface area (Å²) in [5.74, 6) is -11.2. The summed E-state index contributed by atoms with van der Waals surface area (Å²) in [5.41, 5.74) is -1.76. The molecule has 0 aliphatic heterocycles. The topological polar surface area (TPSA) is 17.1 Å². The van der Waals surface area contributed by atoms with Crippen molar-refractivity contribution in [3.8, 4) is 0 Å². The number of carbonyl (C=O) groups excluding carboxylic acids is 1. The van der Waals surface area contributed by atoms with Crippen molar-refractivity contribution in [3.63, 3.8) is 0 Å². The normalized spacial score (nSPS) is 11.8. The van der Waals surface area contributed by atoms with Crippen LogP contribution in [-0.2, 0) is 4.79 Å². The smallest absolute Gasteiger partial charge is 0.200 e. The van der Waals surface area contributed by atoms with Crippen LogP contribution in [0.25, 0.3) is 5.57 Å². The Hall–Kier alpha value is -1.72. The first-order valence-electron chi connectivity index (χ1n) is 4.52. The lowest BCUT2D eigenvalue weighted by Gasteiger charge is -2.09. The molecule has 0 bridgehead atoms. The summed E-state index contributed by atoms with van der Waals surface area (Å²) < 4.78 is 65.0. The van der Waals surface area contributed by atoms with E-state index in [1.165, 1.54) is 6.92 Å². The summed E-state index contributed by atoms with van der Waals surface area (Å²) in [7, 11) is 0. The fraction of sp³-hybridized carbons (Fsp3) is 0.182. The standard InChI is InChI=1S/C11H7F5O/c1-3-5(4(2)17)6-7(12)9(14)11(16)10(15)8(6)13/h3H,1-2H3/b5-3-. The zero-order valence-electron chi connectivity index (χ0n) is 8.88. The molecule has 92 valence electrons. The maximum atomic E-state index is 13.3. The van der Waals surface area contributed by atoms with E-state index in [4.69, 9.17) is 0 Å². The monoisotopic (exact) mass is 250 g/mol. The number of carbonyl (C=O) groups is 1. The van der Waals surface area contributed by atoms with Crippen LogP contribution in [0.15, 0.2) is 6.08 Å². The fourth-order valence-electron chi connectivity index (χ4n) is 1.37. The first-order chi connectivity index (χ1) is 7.82. The Labute approximate surface area is 93.6 Å². The van der Waals surface area contributed by atoms with E-state index in [-0.39, 0.29) is 0 Å². The summed E-state index contributed by atoms with van der Waals surface area (Å²) in [4.78, 5) is 11.0. The number of hydrogen-bond acceptors (Lipinski definition) is 1. The highest BCUT2D eigenvalue weighted by Gasteiger charge is 2.28. The first-order valence-corrected chi connectivity index (χ1v) is 4.52. The summed E-state index contributed by atoms with van der Waals surface area (Å²) >= 11 is 0. The SMILES string of the molecule is C/C=C(/C(C)=O)c1c(F)c(F)c(F)c(F)c1F. The second-order valence-electron chi connectivity index (χ2n) is 3.20. The highest BCUT2D eigenvalue weighted by molar-refractivity contribution is 6.19. The van der Waals surface area contributed by atoms with Gasteiger partial charge in [0, 0.05) is 5.57 Å². The zero-order valence-corrected chi connectivity index (χ0v) is 8.88. The first kappa shape index (κ1) is 13.3. The van der Waals surface area contributed by atoms with Gasteiger partial charge in [-0.1, -0.05) is 6.08 Å². The number of ketones is 1. The van der Waals surface area contributed by atoms with Crippen LogP contribution in [0.2, 0.25) is 0 Å². The van der Waals surface area contributed by atoms with Gasteiger partial charge in [-0.25, -0.2) is 22.0 Å². The minimum Gasteiger partial charge on any atom is -0.294 e. The van der Waals surface area contributed by atoms with E-state index in [1.807, 2.05) is 0 Å². The van der Waals surface area contributed by atoms with Crippen molar-refractivity contribution in [2.45, 2.75) is 13.8 Å².